The third kappa shape index (κ3) is 3.79. The molecule has 0 radical (unpaired) electrons. The van der Waals surface area contributed by atoms with E-state index in [9.17, 15) is 18.0 Å². The Labute approximate surface area is 145 Å². The molecule has 0 aliphatic carbocycles. The van der Waals surface area contributed by atoms with E-state index < -0.39 is 35.7 Å². The number of ether oxygens (including phenoxy) is 1. The number of aryl methyl sites for hydroxylation is 1. The second kappa shape index (κ2) is 7.21. The van der Waals surface area contributed by atoms with E-state index in [4.69, 9.17) is 4.74 Å². The molecule has 3 aromatic rings. The van der Waals surface area contributed by atoms with Gasteiger partial charge in [0.05, 0.1) is 12.7 Å². The number of rotatable bonds is 5. The molecule has 0 aliphatic heterocycles. The van der Waals surface area contributed by atoms with Crippen LogP contribution in [0.15, 0.2) is 36.4 Å². The van der Waals surface area contributed by atoms with Crippen LogP contribution in [0, 0.1) is 17.5 Å². The minimum absolute atomic E-state index is 0.374. The highest BCUT2D eigenvalue weighted by Crippen LogP contribution is 2.20. The molecule has 0 fully saturated rings. The molecule has 0 unspecified atom stereocenters. The molecule has 0 aliphatic rings. The first-order chi connectivity index (χ1) is 12.4. The summed E-state index contributed by atoms with van der Waals surface area (Å²) in [6.07, 6.45) is 0. The molecule has 1 heterocycles. The van der Waals surface area contributed by atoms with E-state index in [0.29, 0.717) is 23.2 Å². The van der Waals surface area contributed by atoms with Gasteiger partial charge in [-0.25, -0.2) is 13.2 Å². The zero-order valence-corrected chi connectivity index (χ0v) is 13.4. The number of amides is 1. The van der Waals surface area contributed by atoms with E-state index in [1.807, 2.05) is 0 Å². The van der Waals surface area contributed by atoms with Crippen LogP contribution in [-0.4, -0.2) is 32.7 Å². The van der Waals surface area contributed by atoms with Crippen molar-refractivity contribution >= 4 is 11.6 Å². The Hall–Kier alpha value is -3.43. The standard InChI is InChI=1S/C16H12F3N5O2/c1-24-22-16(21-23-24)9-2-4-10(5-3-9)26-8-13(25)20-12-7-6-11(17)14(18)15(12)19/h2-7H,8H2,1H3,(H,20,25). The number of benzene rings is 2. The maximum Gasteiger partial charge on any atom is 0.262 e. The number of nitrogens with zero attached hydrogens (tertiary/aromatic N) is 4. The summed E-state index contributed by atoms with van der Waals surface area (Å²) in [7, 11) is 1.64. The van der Waals surface area contributed by atoms with Crippen molar-refractivity contribution in [3.63, 3.8) is 0 Å². The van der Waals surface area contributed by atoms with E-state index in [1.54, 1.807) is 31.3 Å². The number of anilines is 1. The van der Waals surface area contributed by atoms with Gasteiger partial charge in [0.25, 0.3) is 5.91 Å². The highest BCUT2D eigenvalue weighted by atomic mass is 19.2. The van der Waals surface area contributed by atoms with Crippen LogP contribution in [0.4, 0.5) is 18.9 Å². The number of halogens is 3. The molecule has 134 valence electrons. The topological polar surface area (TPSA) is 81.9 Å². The maximum atomic E-state index is 13.5. The zero-order chi connectivity index (χ0) is 18.7. The zero-order valence-electron chi connectivity index (χ0n) is 13.4. The first-order valence-electron chi connectivity index (χ1n) is 7.34. The summed E-state index contributed by atoms with van der Waals surface area (Å²) in [5, 5.41) is 13.7. The van der Waals surface area contributed by atoms with Crippen LogP contribution >= 0.6 is 0 Å². The van der Waals surface area contributed by atoms with Crippen molar-refractivity contribution in [3.05, 3.63) is 53.8 Å². The van der Waals surface area contributed by atoms with Gasteiger partial charge in [0.15, 0.2) is 24.1 Å². The van der Waals surface area contributed by atoms with Gasteiger partial charge in [-0.1, -0.05) is 0 Å². The Kier molecular flexibility index (Phi) is 4.83. The summed E-state index contributed by atoms with van der Waals surface area (Å²) in [6, 6.07) is 8.19. The molecule has 1 aromatic heterocycles. The van der Waals surface area contributed by atoms with E-state index in [0.717, 1.165) is 6.07 Å². The van der Waals surface area contributed by atoms with Crippen LogP contribution < -0.4 is 10.1 Å². The Bertz CT molecular complexity index is 944. The van der Waals surface area contributed by atoms with Crippen LogP contribution in [-0.2, 0) is 11.8 Å². The van der Waals surface area contributed by atoms with Crippen molar-refractivity contribution in [2.24, 2.45) is 7.05 Å². The van der Waals surface area contributed by atoms with Gasteiger partial charge in [0, 0.05) is 5.56 Å². The van der Waals surface area contributed by atoms with Crippen LogP contribution in [0.25, 0.3) is 11.4 Å². The molecule has 7 nitrogen and oxygen atoms in total. The molecule has 0 saturated heterocycles. The lowest BCUT2D eigenvalue weighted by Gasteiger charge is -2.09. The number of hydrogen-bond acceptors (Lipinski definition) is 5. The lowest BCUT2D eigenvalue weighted by atomic mass is 10.2. The smallest absolute Gasteiger partial charge is 0.262 e. The molecule has 1 amide bonds. The quantitative estimate of drug-likeness (QED) is 0.704. The second-order valence-electron chi connectivity index (χ2n) is 5.19. The van der Waals surface area contributed by atoms with E-state index in [-0.39, 0.29) is 0 Å². The molecule has 1 N–H and O–H groups in total. The van der Waals surface area contributed by atoms with Gasteiger partial charge in [0.2, 0.25) is 5.82 Å². The van der Waals surface area contributed by atoms with Gasteiger partial charge in [-0.2, -0.15) is 4.80 Å². The molecule has 3 rings (SSSR count). The fourth-order valence-electron chi connectivity index (χ4n) is 2.06. The Morgan fingerprint density at radius 3 is 2.50 bits per heavy atom. The molecule has 26 heavy (non-hydrogen) atoms. The monoisotopic (exact) mass is 363 g/mol. The van der Waals surface area contributed by atoms with E-state index in [1.165, 1.54) is 4.80 Å². The largest absolute Gasteiger partial charge is 0.484 e. The lowest BCUT2D eigenvalue weighted by Crippen LogP contribution is -2.21. The van der Waals surface area contributed by atoms with Gasteiger partial charge in [-0.3, -0.25) is 4.79 Å². The van der Waals surface area contributed by atoms with E-state index in [2.05, 4.69) is 20.7 Å². The number of aromatic nitrogens is 4. The Morgan fingerprint density at radius 1 is 1.12 bits per heavy atom. The van der Waals surface area contributed by atoms with Crippen molar-refractivity contribution < 1.29 is 22.7 Å². The molecule has 10 heteroatoms. The minimum Gasteiger partial charge on any atom is -0.484 e. The summed E-state index contributed by atoms with van der Waals surface area (Å²) in [4.78, 5) is 13.1. The van der Waals surface area contributed by atoms with Crippen LogP contribution in [0.1, 0.15) is 0 Å². The van der Waals surface area contributed by atoms with E-state index >= 15 is 0 Å². The number of carbonyl (C=O) groups is 1. The molecule has 2 aromatic carbocycles. The van der Waals surface area contributed by atoms with Crippen molar-refractivity contribution in [1.82, 2.24) is 20.2 Å². The number of hydrogen-bond donors (Lipinski definition) is 1. The highest BCUT2D eigenvalue weighted by Gasteiger charge is 2.15. The fourth-order valence-corrected chi connectivity index (χ4v) is 2.06. The Balaban J connectivity index is 1.59. The lowest BCUT2D eigenvalue weighted by molar-refractivity contribution is -0.118. The van der Waals surface area contributed by atoms with Crippen LogP contribution in [0.5, 0.6) is 5.75 Å². The van der Waals surface area contributed by atoms with Crippen LogP contribution in [0.2, 0.25) is 0 Å². The Morgan fingerprint density at radius 2 is 1.85 bits per heavy atom. The number of tetrazole rings is 1. The average molecular weight is 363 g/mol. The highest BCUT2D eigenvalue weighted by molar-refractivity contribution is 5.92. The number of nitrogens with one attached hydrogen (secondary N) is 1. The predicted molar refractivity (Wildman–Crippen MR) is 84.7 cm³/mol. The second-order valence-corrected chi connectivity index (χ2v) is 5.19. The summed E-state index contributed by atoms with van der Waals surface area (Å²) in [5.41, 5.74) is 0.236. The molecular formula is C16H12F3N5O2. The van der Waals surface area contributed by atoms with Gasteiger partial charge >= 0.3 is 0 Å². The third-order valence-electron chi connectivity index (χ3n) is 3.30. The molecule has 0 atom stereocenters. The van der Waals surface area contributed by atoms with Gasteiger partial charge < -0.3 is 10.1 Å². The molecule has 0 bridgehead atoms. The summed E-state index contributed by atoms with van der Waals surface area (Å²) >= 11 is 0. The maximum absolute atomic E-state index is 13.5. The molecule has 0 spiro atoms. The summed E-state index contributed by atoms with van der Waals surface area (Å²) in [5.74, 6) is -4.38. The summed E-state index contributed by atoms with van der Waals surface area (Å²) in [6.45, 7) is -0.443. The first-order valence-corrected chi connectivity index (χ1v) is 7.34. The predicted octanol–water partition coefficient (Wildman–Crippen LogP) is 2.31. The van der Waals surface area contributed by atoms with Crippen molar-refractivity contribution in [2.75, 3.05) is 11.9 Å². The first kappa shape index (κ1) is 17.4. The van der Waals surface area contributed by atoms with Crippen LogP contribution in [0.3, 0.4) is 0 Å². The normalized spacial score (nSPS) is 10.6. The summed E-state index contributed by atoms with van der Waals surface area (Å²) < 4.78 is 44.7. The third-order valence-corrected chi connectivity index (χ3v) is 3.30. The molecule has 0 saturated carbocycles. The van der Waals surface area contributed by atoms with Crippen molar-refractivity contribution in [1.29, 1.82) is 0 Å². The SMILES string of the molecule is Cn1nnc(-c2ccc(OCC(=O)Nc3ccc(F)c(F)c3F)cc2)n1. The number of carbonyl (C=O) groups excluding carboxylic acids is 1. The van der Waals surface area contributed by atoms with Gasteiger partial charge in [0.1, 0.15) is 5.75 Å². The van der Waals surface area contributed by atoms with Crippen molar-refractivity contribution in [2.45, 2.75) is 0 Å². The minimum atomic E-state index is -1.66. The average Bonchev–Trinajstić information content (AvgIpc) is 3.07. The molecular weight excluding hydrogens is 351 g/mol. The van der Waals surface area contributed by atoms with Gasteiger partial charge in [-0.15, -0.1) is 10.2 Å². The fraction of sp³-hybridized carbons (Fsp3) is 0.125. The van der Waals surface area contributed by atoms with Crippen molar-refractivity contribution in [3.8, 4) is 17.1 Å². The van der Waals surface area contributed by atoms with Gasteiger partial charge in [-0.05, 0) is 41.6 Å².